The predicted molar refractivity (Wildman–Crippen MR) is 70.2 cm³/mol. The number of carbonyl (C=O) groups is 1. The summed E-state index contributed by atoms with van der Waals surface area (Å²) in [6, 6.07) is 0. The van der Waals surface area contributed by atoms with Gasteiger partial charge in [0.15, 0.2) is 5.78 Å². The highest BCUT2D eigenvalue weighted by Crippen LogP contribution is 2.46. The molecule has 3 nitrogen and oxygen atoms in total. The summed E-state index contributed by atoms with van der Waals surface area (Å²) in [4.78, 5) is 11.9. The van der Waals surface area contributed by atoms with E-state index in [1.807, 2.05) is 6.92 Å². The summed E-state index contributed by atoms with van der Waals surface area (Å²) >= 11 is 0. The number of aliphatic hydroxyl groups is 1. The Kier molecular flexibility index (Phi) is 3.65. The van der Waals surface area contributed by atoms with Gasteiger partial charge in [-0.15, -0.1) is 0 Å². The Morgan fingerprint density at radius 3 is 2.72 bits per heavy atom. The Bertz CT molecular complexity index is 361. The van der Waals surface area contributed by atoms with Crippen molar-refractivity contribution in [3.63, 3.8) is 0 Å². The molecule has 0 spiro atoms. The molecule has 0 aromatic heterocycles. The van der Waals surface area contributed by atoms with Crippen molar-refractivity contribution in [2.45, 2.75) is 64.3 Å². The summed E-state index contributed by atoms with van der Waals surface area (Å²) in [7, 11) is 0. The summed E-state index contributed by atoms with van der Waals surface area (Å²) < 4.78 is 5.68. The Morgan fingerprint density at radius 2 is 2.11 bits per heavy atom. The number of hydrogen-bond donors (Lipinski definition) is 1. The minimum atomic E-state index is -0.420. The fourth-order valence-corrected chi connectivity index (χ4v) is 3.03. The van der Waals surface area contributed by atoms with Crippen molar-refractivity contribution < 1.29 is 14.6 Å². The molecule has 1 heterocycles. The van der Waals surface area contributed by atoms with Gasteiger partial charge in [0.05, 0.1) is 11.7 Å². The van der Waals surface area contributed by atoms with Crippen LogP contribution in [0.5, 0.6) is 0 Å². The zero-order valence-electron chi connectivity index (χ0n) is 11.6. The molecule has 0 bridgehead atoms. The molecule has 0 aromatic rings. The molecule has 102 valence electrons. The number of rotatable bonds is 1. The number of aliphatic hydroxyl groups excluding tert-OH is 1. The molecular formula is C15H24O3. The van der Waals surface area contributed by atoms with Crippen molar-refractivity contribution in [1.82, 2.24) is 0 Å². The maximum Gasteiger partial charge on any atom is 0.158 e. The third-order valence-electron chi connectivity index (χ3n) is 4.57. The van der Waals surface area contributed by atoms with Gasteiger partial charge in [0.25, 0.3) is 0 Å². The van der Waals surface area contributed by atoms with Gasteiger partial charge in [0.2, 0.25) is 0 Å². The number of ether oxygens (including phenoxy) is 1. The largest absolute Gasteiger partial charge is 0.390 e. The molecule has 3 heteroatoms. The molecule has 1 saturated carbocycles. The van der Waals surface area contributed by atoms with Gasteiger partial charge < -0.3 is 9.84 Å². The van der Waals surface area contributed by atoms with Crippen molar-refractivity contribution in [3.05, 3.63) is 12.2 Å². The Labute approximate surface area is 109 Å². The fourth-order valence-electron chi connectivity index (χ4n) is 3.03. The number of hydrogen-bond acceptors (Lipinski definition) is 3. The highest BCUT2D eigenvalue weighted by atomic mass is 16.6. The number of ketones is 1. The summed E-state index contributed by atoms with van der Waals surface area (Å²) in [5.74, 6) is 0.722. The highest BCUT2D eigenvalue weighted by molar-refractivity contribution is 5.94. The summed E-state index contributed by atoms with van der Waals surface area (Å²) in [6.07, 6.45) is 2.18. The van der Waals surface area contributed by atoms with Crippen LogP contribution in [0.1, 0.15) is 46.5 Å². The van der Waals surface area contributed by atoms with Gasteiger partial charge in [-0.25, -0.2) is 0 Å². The second-order valence-corrected chi connectivity index (χ2v) is 6.31. The summed E-state index contributed by atoms with van der Waals surface area (Å²) in [5.41, 5.74) is 0.398. The van der Waals surface area contributed by atoms with Crippen molar-refractivity contribution in [1.29, 1.82) is 0 Å². The molecule has 2 rings (SSSR count). The average Bonchev–Trinajstić information content (AvgIpc) is 2.97. The van der Waals surface area contributed by atoms with E-state index in [9.17, 15) is 9.90 Å². The van der Waals surface area contributed by atoms with E-state index >= 15 is 0 Å². The van der Waals surface area contributed by atoms with Gasteiger partial charge in [-0.3, -0.25) is 4.79 Å². The van der Waals surface area contributed by atoms with Crippen LogP contribution in [0.2, 0.25) is 0 Å². The molecule has 0 amide bonds. The molecule has 18 heavy (non-hydrogen) atoms. The van der Waals surface area contributed by atoms with E-state index in [-0.39, 0.29) is 23.4 Å². The summed E-state index contributed by atoms with van der Waals surface area (Å²) in [6.45, 7) is 10.1. The molecule has 1 N–H and O–H groups in total. The van der Waals surface area contributed by atoms with E-state index < -0.39 is 6.10 Å². The SMILES string of the molecule is C=C1CC[C@@H](C(C)C)[C@@H](O)[C@@H]2O[C@@]2(C)CCC1=O. The average molecular weight is 252 g/mol. The number of Topliss-reactive ketones (excluding diaryl/α,β-unsaturated/α-hetero) is 1. The van der Waals surface area contributed by atoms with Crippen molar-refractivity contribution in [2.24, 2.45) is 11.8 Å². The molecule has 1 aliphatic heterocycles. The minimum absolute atomic E-state index is 0.0935. The molecule has 1 saturated heterocycles. The smallest absolute Gasteiger partial charge is 0.158 e. The lowest BCUT2D eigenvalue weighted by Gasteiger charge is -2.27. The maximum absolute atomic E-state index is 11.9. The molecule has 0 radical (unpaired) electrons. The third kappa shape index (κ3) is 2.52. The first-order chi connectivity index (χ1) is 8.35. The van der Waals surface area contributed by atoms with Crippen LogP contribution in [0.3, 0.4) is 0 Å². The first kappa shape index (κ1) is 13.8. The van der Waals surface area contributed by atoms with Crippen LogP contribution < -0.4 is 0 Å². The van der Waals surface area contributed by atoms with Crippen LogP contribution in [-0.4, -0.2) is 28.7 Å². The number of carbonyl (C=O) groups excluding carboxylic acids is 1. The molecule has 4 atom stereocenters. The van der Waals surface area contributed by atoms with Gasteiger partial charge in [0.1, 0.15) is 6.10 Å². The first-order valence-electron chi connectivity index (χ1n) is 6.92. The highest BCUT2D eigenvalue weighted by Gasteiger charge is 2.57. The molecular weight excluding hydrogens is 228 g/mol. The van der Waals surface area contributed by atoms with Crippen LogP contribution in [0, 0.1) is 11.8 Å². The van der Waals surface area contributed by atoms with Crippen molar-refractivity contribution in [3.8, 4) is 0 Å². The van der Waals surface area contributed by atoms with Gasteiger partial charge >= 0.3 is 0 Å². The normalized spacial score (nSPS) is 41.7. The zero-order chi connectivity index (χ0) is 13.5. The second kappa shape index (κ2) is 4.78. The van der Waals surface area contributed by atoms with E-state index in [1.54, 1.807) is 0 Å². The van der Waals surface area contributed by atoms with Crippen molar-refractivity contribution >= 4 is 5.78 Å². The van der Waals surface area contributed by atoms with Crippen LogP contribution in [0.15, 0.2) is 12.2 Å². The zero-order valence-corrected chi connectivity index (χ0v) is 11.6. The van der Waals surface area contributed by atoms with Crippen LogP contribution in [-0.2, 0) is 9.53 Å². The molecule has 0 unspecified atom stereocenters. The second-order valence-electron chi connectivity index (χ2n) is 6.31. The van der Waals surface area contributed by atoms with Gasteiger partial charge in [-0.1, -0.05) is 20.4 Å². The topological polar surface area (TPSA) is 49.8 Å². The number of fused-ring (bicyclic) bond motifs is 1. The van der Waals surface area contributed by atoms with Crippen LogP contribution >= 0.6 is 0 Å². The van der Waals surface area contributed by atoms with Gasteiger partial charge in [-0.05, 0) is 43.6 Å². The molecule has 2 aliphatic rings. The maximum atomic E-state index is 11.9. The number of epoxide rings is 1. The monoisotopic (exact) mass is 252 g/mol. The third-order valence-corrected chi connectivity index (χ3v) is 4.57. The lowest BCUT2D eigenvalue weighted by molar-refractivity contribution is -0.116. The van der Waals surface area contributed by atoms with E-state index in [4.69, 9.17) is 4.74 Å². The van der Waals surface area contributed by atoms with Crippen LogP contribution in [0.4, 0.5) is 0 Å². The van der Waals surface area contributed by atoms with Crippen LogP contribution in [0.25, 0.3) is 0 Å². The summed E-state index contributed by atoms with van der Waals surface area (Å²) in [5, 5.41) is 10.4. The molecule has 2 fully saturated rings. The Morgan fingerprint density at radius 1 is 1.44 bits per heavy atom. The lowest BCUT2D eigenvalue weighted by atomic mass is 9.79. The lowest BCUT2D eigenvalue weighted by Crippen LogP contribution is -2.34. The molecule has 1 aliphatic carbocycles. The van der Waals surface area contributed by atoms with E-state index in [2.05, 4.69) is 20.4 Å². The number of allylic oxidation sites excluding steroid dienone is 1. The van der Waals surface area contributed by atoms with Gasteiger partial charge in [-0.2, -0.15) is 0 Å². The quantitative estimate of drug-likeness (QED) is 0.576. The van der Waals surface area contributed by atoms with E-state index in [0.29, 0.717) is 30.8 Å². The minimum Gasteiger partial charge on any atom is -0.390 e. The Hall–Kier alpha value is -0.670. The fraction of sp³-hybridized carbons (Fsp3) is 0.800. The molecule has 0 aromatic carbocycles. The van der Waals surface area contributed by atoms with Crippen molar-refractivity contribution in [2.75, 3.05) is 0 Å². The predicted octanol–water partition coefficient (Wildman–Crippen LogP) is 2.48. The van der Waals surface area contributed by atoms with Gasteiger partial charge in [0, 0.05) is 6.42 Å². The van der Waals surface area contributed by atoms with E-state index in [1.165, 1.54) is 0 Å². The standard InChI is InChI=1S/C15H24O3/c1-9(2)11-6-5-10(3)12(16)7-8-15(4)14(18-15)13(11)17/h9,11,13-14,17H,3,5-8H2,1-2,4H3/t11-,13+,14-,15-/m0/s1. The Balaban J connectivity index is 2.16. The first-order valence-corrected chi connectivity index (χ1v) is 6.92. The van der Waals surface area contributed by atoms with E-state index in [0.717, 1.165) is 6.42 Å².